The second-order valence-corrected chi connectivity index (χ2v) is 7.68. The molecule has 108 valence electrons. The van der Waals surface area contributed by atoms with Crippen LogP contribution >= 0.6 is 15.9 Å². The van der Waals surface area contributed by atoms with E-state index in [1.807, 2.05) is 6.92 Å². The maximum Gasteiger partial charge on any atom is 0.119 e. The second kappa shape index (κ2) is 7.33. The summed E-state index contributed by atoms with van der Waals surface area (Å²) in [4.78, 5) is 0.431. The van der Waals surface area contributed by atoms with Crippen molar-refractivity contribution in [2.75, 3.05) is 6.61 Å². The number of hydrogen-bond donors (Lipinski definition) is 0. The molecule has 0 N–H and O–H groups in total. The maximum absolute atomic E-state index is 5.47. The fraction of sp³-hybridized carbons (Fsp3) is 0.647. The molecule has 2 heteroatoms. The van der Waals surface area contributed by atoms with E-state index in [9.17, 15) is 0 Å². The fourth-order valence-corrected chi connectivity index (χ4v) is 3.50. The standard InChI is InChI=1S/C17H27BrO/c1-6-19-15-9-7-14(8-10-15)16(18)11-13(2)12-17(3,4)5/h7-10,13,16H,6,11-12H2,1-5H3. The van der Waals surface area contributed by atoms with Gasteiger partial charge in [-0.15, -0.1) is 0 Å². The minimum absolute atomic E-state index is 0.408. The zero-order valence-corrected chi connectivity index (χ0v) is 14.5. The highest BCUT2D eigenvalue weighted by molar-refractivity contribution is 9.09. The molecule has 1 aromatic carbocycles. The van der Waals surface area contributed by atoms with E-state index in [-0.39, 0.29) is 0 Å². The third-order valence-electron chi connectivity index (χ3n) is 3.12. The van der Waals surface area contributed by atoms with Crippen LogP contribution in [0.25, 0.3) is 0 Å². The third-order valence-corrected chi connectivity index (χ3v) is 4.03. The molecule has 0 fully saturated rings. The molecule has 1 aromatic rings. The molecule has 0 saturated carbocycles. The lowest BCUT2D eigenvalue weighted by Crippen LogP contribution is -2.12. The van der Waals surface area contributed by atoms with Gasteiger partial charge in [0.05, 0.1) is 6.61 Å². The molecule has 0 radical (unpaired) electrons. The lowest BCUT2D eigenvalue weighted by molar-refractivity contribution is 0.296. The van der Waals surface area contributed by atoms with Gasteiger partial charge in [-0.05, 0) is 48.8 Å². The zero-order chi connectivity index (χ0) is 14.5. The molecule has 0 spiro atoms. The third kappa shape index (κ3) is 6.47. The Kier molecular flexibility index (Phi) is 6.38. The fourth-order valence-electron chi connectivity index (χ4n) is 2.56. The Labute approximate surface area is 126 Å². The van der Waals surface area contributed by atoms with Crippen molar-refractivity contribution in [3.63, 3.8) is 0 Å². The van der Waals surface area contributed by atoms with Gasteiger partial charge in [0.2, 0.25) is 0 Å². The van der Waals surface area contributed by atoms with Gasteiger partial charge >= 0.3 is 0 Å². The highest BCUT2D eigenvalue weighted by Gasteiger charge is 2.18. The predicted octanol–water partition coefficient (Wildman–Crippen LogP) is 5.98. The zero-order valence-electron chi connectivity index (χ0n) is 12.9. The van der Waals surface area contributed by atoms with Crippen LogP contribution in [0.3, 0.4) is 0 Å². The average molecular weight is 327 g/mol. The summed E-state index contributed by atoms with van der Waals surface area (Å²) >= 11 is 3.82. The van der Waals surface area contributed by atoms with Crippen molar-refractivity contribution in [2.24, 2.45) is 11.3 Å². The molecule has 0 aromatic heterocycles. The van der Waals surface area contributed by atoms with Crippen molar-refractivity contribution in [1.82, 2.24) is 0 Å². The average Bonchev–Trinajstić information content (AvgIpc) is 2.27. The molecule has 2 atom stereocenters. The highest BCUT2D eigenvalue weighted by Crippen LogP contribution is 2.35. The molecule has 19 heavy (non-hydrogen) atoms. The molecule has 1 rings (SSSR count). The second-order valence-electron chi connectivity index (χ2n) is 6.58. The number of alkyl halides is 1. The van der Waals surface area contributed by atoms with Crippen LogP contribution in [0.4, 0.5) is 0 Å². The van der Waals surface area contributed by atoms with E-state index in [2.05, 4.69) is 67.9 Å². The summed E-state index contributed by atoms with van der Waals surface area (Å²) in [6.07, 6.45) is 2.43. The first-order valence-corrected chi connectivity index (χ1v) is 8.10. The van der Waals surface area contributed by atoms with Crippen LogP contribution in [-0.2, 0) is 0 Å². The van der Waals surface area contributed by atoms with E-state index in [4.69, 9.17) is 4.74 Å². The lowest BCUT2D eigenvalue weighted by atomic mass is 9.83. The van der Waals surface area contributed by atoms with Gasteiger partial charge in [-0.2, -0.15) is 0 Å². The van der Waals surface area contributed by atoms with Crippen LogP contribution in [0.2, 0.25) is 0 Å². The molecule has 0 amide bonds. The van der Waals surface area contributed by atoms with Gasteiger partial charge in [0.15, 0.2) is 0 Å². The number of ether oxygens (including phenoxy) is 1. The topological polar surface area (TPSA) is 9.23 Å². The first-order valence-electron chi connectivity index (χ1n) is 7.18. The SMILES string of the molecule is CCOc1ccc(C(Br)CC(C)CC(C)(C)C)cc1. The van der Waals surface area contributed by atoms with Gasteiger partial charge in [-0.1, -0.05) is 55.8 Å². The molecule has 0 saturated heterocycles. The Bertz CT molecular complexity index is 364. The Balaban J connectivity index is 2.55. The molecule has 0 aliphatic heterocycles. The lowest BCUT2D eigenvalue weighted by Gasteiger charge is -2.25. The summed E-state index contributed by atoms with van der Waals surface area (Å²) in [6, 6.07) is 8.44. The molecule has 2 unspecified atom stereocenters. The van der Waals surface area contributed by atoms with Crippen LogP contribution in [0.15, 0.2) is 24.3 Å². The summed E-state index contributed by atoms with van der Waals surface area (Å²) < 4.78 is 5.47. The molecular weight excluding hydrogens is 300 g/mol. The first kappa shape index (κ1) is 16.6. The summed E-state index contributed by atoms with van der Waals surface area (Å²) in [5.74, 6) is 1.67. The number of hydrogen-bond acceptors (Lipinski definition) is 1. The first-order chi connectivity index (χ1) is 8.81. The van der Waals surface area contributed by atoms with E-state index in [1.165, 1.54) is 18.4 Å². The van der Waals surface area contributed by atoms with Gasteiger partial charge in [-0.3, -0.25) is 0 Å². The van der Waals surface area contributed by atoms with E-state index >= 15 is 0 Å². The van der Waals surface area contributed by atoms with Gasteiger partial charge < -0.3 is 4.74 Å². The van der Waals surface area contributed by atoms with E-state index < -0.39 is 0 Å². The minimum Gasteiger partial charge on any atom is -0.494 e. The van der Waals surface area contributed by atoms with Crippen molar-refractivity contribution in [3.05, 3.63) is 29.8 Å². The van der Waals surface area contributed by atoms with Gasteiger partial charge in [-0.25, -0.2) is 0 Å². The van der Waals surface area contributed by atoms with E-state index in [0.29, 0.717) is 10.2 Å². The van der Waals surface area contributed by atoms with Crippen LogP contribution < -0.4 is 4.74 Å². The molecule has 0 heterocycles. The van der Waals surface area contributed by atoms with Crippen LogP contribution in [0, 0.1) is 11.3 Å². The summed E-state index contributed by atoms with van der Waals surface area (Å²) in [5.41, 5.74) is 1.74. The Morgan fingerprint density at radius 3 is 2.21 bits per heavy atom. The molecule has 0 bridgehead atoms. The predicted molar refractivity (Wildman–Crippen MR) is 87.1 cm³/mol. The molecule has 0 aliphatic rings. The molecule has 0 aliphatic carbocycles. The highest BCUT2D eigenvalue weighted by atomic mass is 79.9. The Morgan fingerprint density at radius 1 is 1.16 bits per heavy atom. The van der Waals surface area contributed by atoms with E-state index in [1.54, 1.807) is 0 Å². The molecule has 1 nitrogen and oxygen atoms in total. The number of halogens is 1. The van der Waals surface area contributed by atoms with E-state index in [0.717, 1.165) is 18.3 Å². The van der Waals surface area contributed by atoms with Crippen molar-refractivity contribution < 1.29 is 4.74 Å². The normalized spacial score (nSPS) is 15.1. The number of rotatable bonds is 6. The van der Waals surface area contributed by atoms with Crippen molar-refractivity contribution in [1.29, 1.82) is 0 Å². The van der Waals surface area contributed by atoms with Gasteiger partial charge in [0.25, 0.3) is 0 Å². The van der Waals surface area contributed by atoms with Crippen LogP contribution in [0.1, 0.15) is 57.9 Å². The van der Waals surface area contributed by atoms with Gasteiger partial charge in [0, 0.05) is 4.83 Å². The largest absolute Gasteiger partial charge is 0.494 e. The minimum atomic E-state index is 0.408. The quantitative estimate of drug-likeness (QED) is 0.584. The van der Waals surface area contributed by atoms with Gasteiger partial charge in [0.1, 0.15) is 5.75 Å². The van der Waals surface area contributed by atoms with Crippen molar-refractivity contribution >= 4 is 15.9 Å². The summed E-state index contributed by atoms with van der Waals surface area (Å²) in [6.45, 7) is 12.0. The molecular formula is C17H27BrO. The maximum atomic E-state index is 5.47. The number of benzene rings is 1. The van der Waals surface area contributed by atoms with Crippen LogP contribution in [0.5, 0.6) is 5.75 Å². The monoisotopic (exact) mass is 326 g/mol. The van der Waals surface area contributed by atoms with Crippen LogP contribution in [-0.4, -0.2) is 6.61 Å². The summed E-state index contributed by atoms with van der Waals surface area (Å²) in [7, 11) is 0. The smallest absolute Gasteiger partial charge is 0.119 e. The van der Waals surface area contributed by atoms with Crippen molar-refractivity contribution in [2.45, 2.75) is 52.3 Å². The van der Waals surface area contributed by atoms with Crippen molar-refractivity contribution in [3.8, 4) is 5.75 Å². The summed E-state index contributed by atoms with van der Waals surface area (Å²) in [5, 5.41) is 0. The Morgan fingerprint density at radius 2 is 1.74 bits per heavy atom. The Hall–Kier alpha value is -0.500.